The maximum atomic E-state index is 5.16. The average molecular weight is 196 g/mol. The SMILES string of the molecule is CNCCN(C)c1ncncc1OC. The van der Waals surface area contributed by atoms with E-state index in [0.29, 0.717) is 5.75 Å². The van der Waals surface area contributed by atoms with Crippen LogP contribution in [-0.4, -0.2) is 44.3 Å². The molecule has 1 N–H and O–H groups in total. The van der Waals surface area contributed by atoms with Gasteiger partial charge in [-0.3, -0.25) is 0 Å². The van der Waals surface area contributed by atoms with E-state index in [1.165, 1.54) is 6.33 Å². The van der Waals surface area contributed by atoms with Crippen LogP contribution in [0.15, 0.2) is 12.5 Å². The molecule has 0 fully saturated rings. The topological polar surface area (TPSA) is 50.3 Å². The van der Waals surface area contributed by atoms with Crippen molar-refractivity contribution < 1.29 is 4.74 Å². The van der Waals surface area contributed by atoms with E-state index >= 15 is 0 Å². The third-order valence-electron chi connectivity index (χ3n) is 1.94. The van der Waals surface area contributed by atoms with Crippen LogP contribution >= 0.6 is 0 Å². The molecule has 0 aliphatic carbocycles. The van der Waals surface area contributed by atoms with Gasteiger partial charge in [0.15, 0.2) is 11.6 Å². The van der Waals surface area contributed by atoms with Crippen LogP contribution < -0.4 is 15.0 Å². The lowest BCUT2D eigenvalue weighted by molar-refractivity contribution is 0.410. The Labute approximate surface area is 84.1 Å². The number of nitrogens with zero attached hydrogens (tertiary/aromatic N) is 3. The minimum absolute atomic E-state index is 0.700. The summed E-state index contributed by atoms with van der Waals surface area (Å²) in [4.78, 5) is 10.1. The third-order valence-corrected chi connectivity index (χ3v) is 1.94. The van der Waals surface area contributed by atoms with Gasteiger partial charge in [-0.15, -0.1) is 0 Å². The lowest BCUT2D eigenvalue weighted by Crippen LogP contribution is -2.28. The lowest BCUT2D eigenvalue weighted by atomic mass is 10.4. The minimum atomic E-state index is 0.700. The standard InChI is InChI=1S/C9H16N4O/c1-10-4-5-13(2)9-8(14-3)6-11-7-12-9/h6-7,10H,4-5H2,1-3H3. The molecule has 78 valence electrons. The smallest absolute Gasteiger partial charge is 0.179 e. The van der Waals surface area contributed by atoms with E-state index in [1.807, 2.05) is 19.0 Å². The van der Waals surface area contributed by atoms with Crippen molar-refractivity contribution >= 4 is 5.82 Å². The van der Waals surface area contributed by atoms with E-state index < -0.39 is 0 Å². The van der Waals surface area contributed by atoms with Crippen molar-refractivity contribution in [2.45, 2.75) is 0 Å². The Morgan fingerprint density at radius 2 is 2.36 bits per heavy atom. The second kappa shape index (κ2) is 5.39. The zero-order valence-electron chi connectivity index (χ0n) is 8.82. The van der Waals surface area contributed by atoms with Gasteiger partial charge in [0.25, 0.3) is 0 Å². The predicted octanol–water partition coefficient (Wildman–Crippen LogP) is 0.141. The van der Waals surface area contributed by atoms with Crippen LogP contribution in [0, 0.1) is 0 Å². The summed E-state index contributed by atoms with van der Waals surface area (Å²) in [6, 6.07) is 0. The van der Waals surface area contributed by atoms with Crippen molar-refractivity contribution in [1.29, 1.82) is 0 Å². The molecule has 0 radical (unpaired) electrons. The molecule has 5 nitrogen and oxygen atoms in total. The number of ether oxygens (including phenoxy) is 1. The van der Waals surface area contributed by atoms with Crippen LogP contribution in [0.4, 0.5) is 5.82 Å². The van der Waals surface area contributed by atoms with Crippen LogP contribution in [0.3, 0.4) is 0 Å². The molecule has 5 heteroatoms. The molecule has 0 aromatic carbocycles. The summed E-state index contributed by atoms with van der Waals surface area (Å²) >= 11 is 0. The van der Waals surface area contributed by atoms with Gasteiger partial charge in [0.05, 0.1) is 13.3 Å². The molecular formula is C9H16N4O. The Bertz CT molecular complexity index is 279. The van der Waals surface area contributed by atoms with Crippen LogP contribution in [0.5, 0.6) is 5.75 Å². The van der Waals surface area contributed by atoms with Crippen LogP contribution in [0.1, 0.15) is 0 Å². The average Bonchev–Trinajstić information content (AvgIpc) is 2.25. The quantitative estimate of drug-likeness (QED) is 0.726. The number of anilines is 1. The highest BCUT2D eigenvalue weighted by Crippen LogP contribution is 2.21. The minimum Gasteiger partial charge on any atom is -0.491 e. The molecule has 0 unspecified atom stereocenters. The summed E-state index contributed by atoms with van der Waals surface area (Å²) < 4.78 is 5.16. The van der Waals surface area contributed by atoms with Gasteiger partial charge in [-0.25, -0.2) is 9.97 Å². The molecule has 1 aromatic rings. The molecule has 0 aliphatic heterocycles. The molecule has 0 atom stereocenters. The summed E-state index contributed by atoms with van der Waals surface area (Å²) in [5, 5.41) is 3.08. The van der Waals surface area contributed by atoms with Crippen molar-refractivity contribution in [3.8, 4) is 5.75 Å². The molecule has 0 spiro atoms. The Morgan fingerprint density at radius 3 is 3.00 bits per heavy atom. The highest BCUT2D eigenvalue weighted by molar-refractivity contribution is 5.49. The van der Waals surface area contributed by atoms with Crippen LogP contribution in [0.2, 0.25) is 0 Å². The summed E-state index contributed by atoms with van der Waals surface area (Å²) in [5.41, 5.74) is 0. The number of rotatable bonds is 5. The molecule has 0 saturated carbocycles. The van der Waals surface area contributed by atoms with Crippen LogP contribution in [0.25, 0.3) is 0 Å². The summed E-state index contributed by atoms with van der Waals surface area (Å²) in [6.07, 6.45) is 3.19. The third kappa shape index (κ3) is 2.56. The number of nitrogens with one attached hydrogen (secondary N) is 1. The largest absolute Gasteiger partial charge is 0.491 e. The molecule has 0 saturated heterocycles. The first-order valence-electron chi connectivity index (χ1n) is 4.49. The molecular weight excluding hydrogens is 180 g/mol. The molecule has 1 heterocycles. The predicted molar refractivity (Wildman–Crippen MR) is 55.8 cm³/mol. The van der Waals surface area contributed by atoms with Crippen molar-refractivity contribution in [2.75, 3.05) is 39.2 Å². The van der Waals surface area contributed by atoms with Gasteiger partial charge >= 0.3 is 0 Å². The fraction of sp³-hybridized carbons (Fsp3) is 0.556. The van der Waals surface area contributed by atoms with E-state index in [4.69, 9.17) is 4.74 Å². The first kappa shape index (κ1) is 10.7. The van der Waals surface area contributed by atoms with Crippen LogP contribution in [-0.2, 0) is 0 Å². The van der Waals surface area contributed by atoms with E-state index in [2.05, 4.69) is 15.3 Å². The van der Waals surface area contributed by atoms with Crippen molar-refractivity contribution in [3.63, 3.8) is 0 Å². The number of hydrogen-bond acceptors (Lipinski definition) is 5. The Morgan fingerprint density at radius 1 is 1.57 bits per heavy atom. The maximum Gasteiger partial charge on any atom is 0.179 e. The number of hydrogen-bond donors (Lipinski definition) is 1. The van der Waals surface area contributed by atoms with Crippen molar-refractivity contribution in [2.24, 2.45) is 0 Å². The van der Waals surface area contributed by atoms with Gasteiger partial charge in [-0.05, 0) is 7.05 Å². The summed E-state index contributed by atoms with van der Waals surface area (Å²) in [6.45, 7) is 1.79. The Kier molecular flexibility index (Phi) is 4.12. The number of aromatic nitrogens is 2. The van der Waals surface area contributed by atoms with Crippen molar-refractivity contribution in [3.05, 3.63) is 12.5 Å². The first-order chi connectivity index (χ1) is 6.79. The number of likely N-dealkylation sites (N-methyl/N-ethyl adjacent to an activating group) is 2. The monoisotopic (exact) mass is 196 g/mol. The van der Waals surface area contributed by atoms with Crippen molar-refractivity contribution in [1.82, 2.24) is 15.3 Å². The van der Waals surface area contributed by atoms with Gasteiger partial charge in [-0.1, -0.05) is 0 Å². The molecule has 1 aromatic heterocycles. The molecule has 1 rings (SSSR count). The fourth-order valence-electron chi connectivity index (χ4n) is 1.13. The Balaban J connectivity index is 2.72. The Hall–Kier alpha value is -1.36. The first-order valence-corrected chi connectivity index (χ1v) is 4.49. The van der Waals surface area contributed by atoms with Gasteiger partial charge in [0, 0.05) is 20.1 Å². The fourth-order valence-corrected chi connectivity index (χ4v) is 1.13. The highest BCUT2D eigenvalue weighted by Gasteiger charge is 2.08. The van der Waals surface area contributed by atoms with E-state index in [0.717, 1.165) is 18.9 Å². The van der Waals surface area contributed by atoms with Gasteiger partial charge in [0.2, 0.25) is 0 Å². The van der Waals surface area contributed by atoms with Gasteiger partial charge in [-0.2, -0.15) is 0 Å². The molecule has 0 amide bonds. The van der Waals surface area contributed by atoms with E-state index in [-0.39, 0.29) is 0 Å². The molecule has 14 heavy (non-hydrogen) atoms. The second-order valence-corrected chi connectivity index (χ2v) is 2.94. The zero-order chi connectivity index (χ0) is 10.4. The zero-order valence-corrected chi connectivity index (χ0v) is 8.82. The van der Waals surface area contributed by atoms with E-state index in [1.54, 1.807) is 13.3 Å². The van der Waals surface area contributed by atoms with Gasteiger partial charge in [0.1, 0.15) is 6.33 Å². The summed E-state index contributed by atoms with van der Waals surface area (Å²) in [5.74, 6) is 1.52. The summed E-state index contributed by atoms with van der Waals surface area (Å²) in [7, 11) is 5.52. The molecule has 0 aliphatic rings. The van der Waals surface area contributed by atoms with Gasteiger partial charge < -0.3 is 15.0 Å². The number of methoxy groups -OCH3 is 1. The lowest BCUT2D eigenvalue weighted by Gasteiger charge is -2.19. The van der Waals surface area contributed by atoms with E-state index in [9.17, 15) is 0 Å². The normalized spacial score (nSPS) is 9.93. The second-order valence-electron chi connectivity index (χ2n) is 2.94. The maximum absolute atomic E-state index is 5.16. The molecule has 0 bridgehead atoms. The highest BCUT2D eigenvalue weighted by atomic mass is 16.5.